The van der Waals surface area contributed by atoms with Crippen LogP contribution in [-0.4, -0.2) is 43.8 Å². The minimum Gasteiger partial charge on any atom is -0.383 e. The Hall–Kier alpha value is -0.120. The number of nitrogens with zero attached hydrogens (tertiary/aromatic N) is 1. The first-order valence-corrected chi connectivity index (χ1v) is 7.81. The van der Waals surface area contributed by atoms with Crippen molar-refractivity contribution in [2.75, 3.05) is 26.8 Å². The van der Waals surface area contributed by atoms with Gasteiger partial charge in [0.15, 0.2) is 0 Å². The van der Waals surface area contributed by atoms with Gasteiger partial charge in [0.2, 0.25) is 0 Å². The lowest BCUT2D eigenvalue weighted by Crippen LogP contribution is -2.48. The maximum absolute atomic E-state index is 6.11. The third kappa shape index (κ3) is 3.94. The van der Waals surface area contributed by atoms with Crippen LogP contribution >= 0.6 is 0 Å². The molecule has 106 valence electrons. The molecule has 0 saturated heterocycles. The summed E-state index contributed by atoms with van der Waals surface area (Å²) in [5.41, 5.74) is 6.11. The SMILES string of the molecule is COCCN(C1CC1)C(CN)C1CCCCCC1. The monoisotopic (exact) mass is 254 g/mol. The van der Waals surface area contributed by atoms with Gasteiger partial charge in [-0.1, -0.05) is 25.7 Å². The van der Waals surface area contributed by atoms with Crippen LogP contribution in [0.4, 0.5) is 0 Å². The Balaban J connectivity index is 1.94. The van der Waals surface area contributed by atoms with Crippen molar-refractivity contribution in [2.24, 2.45) is 11.7 Å². The topological polar surface area (TPSA) is 38.5 Å². The van der Waals surface area contributed by atoms with E-state index in [1.165, 1.54) is 51.4 Å². The van der Waals surface area contributed by atoms with Crippen molar-refractivity contribution in [3.05, 3.63) is 0 Å². The van der Waals surface area contributed by atoms with Crippen molar-refractivity contribution in [3.63, 3.8) is 0 Å². The highest BCUT2D eigenvalue weighted by Crippen LogP contribution is 2.34. The highest BCUT2D eigenvalue weighted by molar-refractivity contribution is 4.92. The van der Waals surface area contributed by atoms with Crippen LogP contribution < -0.4 is 5.73 Å². The Bertz CT molecular complexity index is 223. The minimum atomic E-state index is 0.603. The molecule has 3 nitrogen and oxygen atoms in total. The van der Waals surface area contributed by atoms with Crippen LogP contribution in [0.15, 0.2) is 0 Å². The first kappa shape index (κ1) is 14.3. The number of nitrogens with two attached hydrogens (primary N) is 1. The zero-order valence-electron chi connectivity index (χ0n) is 11.9. The van der Waals surface area contributed by atoms with Gasteiger partial charge in [-0.2, -0.15) is 0 Å². The van der Waals surface area contributed by atoms with Crippen LogP contribution in [0.1, 0.15) is 51.4 Å². The van der Waals surface area contributed by atoms with E-state index in [1.54, 1.807) is 7.11 Å². The summed E-state index contributed by atoms with van der Waals surface area (Å²) in [6.45, 7) is 2.74. The van der Waals surface area contributed by atoms with E-state index < -0.39 is 0 Å². The van der Waals surface area contributed by atoms with E-state index in [-0.39, 0.29) is 0 Å². The van der Waals surface area contributed by atoms with E-state index in [2.05, 4.69) is 4.90 Å². The second kappa shape index (κ2) is 7.46. The Morgan fingerprint density at radius 2 is 1.78 bits per heavy atom. The van der Waals surface area contributed by atoms with Gasteiger partial charge >= 0.3 is 0 Å². The van der Waals surface area contributed by atoms with Gasteiger partial charge in [-0.25, -0.2) is 0 Å². The number of hydrogen-bond acceptors (Lipinski definition) is 3. The molecular formula is C15H30N2O. The van der Waals surface area contributed by atoms with Crippen LogP contribution in [0.3, 0.4) is 0 Å². The van der Waals surface area contributed by atoms with Gasteiger partial charge < -0.3 is 10.5 Å². The third-order valence-electron chi connectivity index (χ3n) is 4.68. The number of rotatable bonds is 7. The van der Waals surface area contributed by atoms with E-state index in [9.17, 15) is 0 Å². The lowest BCUT2D eigenvalue weighted by molar-refractivity contribution is 0.0848. The Morgan fingerprint density at radius 3 is 2.28 bits per heavy atom. The van der Waals surface area contributed by atoms with E-state index >= 15 is 0 Å². The van der Waals surface area contributed by atoms with Gasteiger partial charge in [0.05, 0.1) is 6.61 Å². The van der Waals surface area contributed by atoms with E-state index in [4.69, 9.17) is 10.5 Å². The van der Waals surface area contributed by atoms with Crippen molar-refractivity contribution < 1.29 is 4.74 Å². The molecule has 0 aromatic rings. The van der Waals surface area contributed by atoms with Gasteiger partial charge in [-0.3, -0.25) is 4.90 Å². The predicted molar refractivity (Wildman–Crippen MR) is 75.6 cm³/mol. The van der Waals surface area contributed by atoms with Crippen molar-refractivity contribution in [1.29, 1.82) is 0 Å². The maximum Gasteiger partial charge on any atom is 0.0589 e. The summed E-state index contributed by atoms with van der Waals surface area (Å²) >= 11 is 0. The quantitative estimate of drug-likeness (QED) is 0.709. The van der Waals surface area contributed by atoms with E-state index in [1.807, 2.05) is 0 Å². The molecule has 0 heterocycles. The fourth-order valence-electron chi connectivity index (χ4n) is 3.52. The van der Waals surface area contributed by atoms with Crippen LogP contribution in [0.2, 0.25) is 0 Å². The largest absolute Gasteiger partial charge is 0.383 e. The molecule has 2 aliphatic carbocycles. The smallest absolute Gasteiger partial charge is 0.0589 e. The van der Waals surface area contributed by atoms with E-state index in [0.717, 1.165) is 31.7 Å². The highest BCUT2D eigenvalue weighted by Gasteiger charge is 2.36. The molecule has 3 heteroatoms. The molecule has 1 unspecified atom stereocenters. The molecule has 0 aliphatic heterocycles. The predicted octanol–water partition coefficient (Wildman–Crippen LogP) is 2.39. The Morgan fingerprint density at radius 1 is 1.11 bits per heavy atom. The van der Waals surface area contributed by atoms with Gasteiger partial charge in [-0.15, -0.1) is 0 Å². The van der Waals surface area contributed by atoms with Gasteiger partial charge in [0.25, 0.3) is 0 Å². The lowest BCUT2D eigenvalue weighted by Gasteiger charge is -2.36. The normalized spacial score (nSPS) is 24.2. The Labute approximate surface area is 112 Å². The van der Waals surface area contributed by atoms with Crippen LogP contribution in [-0.2, 0) is 4.74 Å². The van der Waals surface area contributed by atoms with Crippen molar-refractivity contribution in [3.8, 4) is 0 Å². The molecule has 2 aliphatic rings. The van der Waals surface area contributed by atoms with E-state index in [0.29, 0.717) is 6.04 Å². The summed E-state index contributed by atoms with van der Waals surface area (Å²) in [6, 6.07) is 1.41. The molecule has 0 amide bonds. The molecule has 2 N–H and O–H groups in total. The molecule has 18 heavy (non-hydrogen) atoms. The number of methoxy groups -OCH3 is 1. The van der Waals surface area contributed by atoms with Crippen molar-refractivity contribution >= 4 is 0 Å². The molecule has 2 fully saturated rings. The van der Waals surface area contributed by atoms with Crippen molar-refractivity contribution in [1.82, 2.24) is 4.90 Å². The second-order valence-electron chi connectivity index (χ2n) is 6.02. The van der Waals surface area contributed by atoms with Gasteiger partial charge in [0.1, 0.15) is 0 Å². The molecule has 0 radical (unpaired) electrons. The van der Waals surface area contributed by atoms with Gasteiger partial charge in [0, 0.05) is 32.3 Å². The van der Waals surface area contributed by atoms with Crippen LogP contribution in [0, 0.1) is 5.92 Å². The van der Waals surface area contributed by atoms with Crippen LogP contribution in [0.5, 0.6) is 0 Å². The first-order valence-electron chi connectivity index (χ1n) is 7.81. The fourth-order valence-corrected chi connectivity index (χ4v) is 3.52. The highest BCUT2D eigenvalue weighted by atomic mass is 16.5. The molecule has 1 atom stereocenters. The summed E-state index contributed by atoms with van der Waals surface area (Å²) in [7, 11) is 1.80. The lowest BCUT2D eigenvalue weighted by atomic mass is 9.90. The Kier molecular flexibility index (Phi) is 5.93. The number of ether oxygens (including phenoxy) is 1. The molecule has 0 spiro atoms. The standard InChI is InChI=1S/C15H30N2O/c1-18-11-10-17(14-8-9-14)15(12-16)13-6-4-2-3-5-7-13/h13-15H,2-12,16H2,1H3. The number of hydrogen-bond donors (Lipinski definition) is 1. The molecule has 2 rings (SSSR count). The summed E-state index contributed by atoms with van der Waals surface area (Å²) in [4.78, 5) is 2.67. The van der Waals surface area contributed by atoms with Crippen molar-refractivity contribution in [2.45, 2.75) is 63.5 Å². The van der Waals surface area contributed by atoms with Crippen LogP contribution in [0.25, 0.3) is 0 Å². The molecule has 0 bridgehead atoms. The summed E-state index contributed by atoms with van der Waals surface area (Å²) in [5, 5.41) is 0. The van der Waals surface area contributed by atoms with Gasteiger partial charge in [-0.05, 0) is 31.6 Å². The second-order valence-corrected chi connectivity index (χ2v) is 6.02. The molecular weight excluding hydrogens is 224 g/mol. The summed E-state index contributed by atoms with van der Waals surface area (Å²) < 4.78 is 5.27. The third-order valence-corrected chi connectivity index (χ3v) is 4.68. The molecule has 0 aromatic carbocycles. The molecule has 2 saturated carbocycles. The molecule has 0 aromatic heterocycles. The fraction of sp³-hybridized carbons (Fsp3) is 1.00. The summed E-state index contributed by atoms with van der Waals surface area (Å²) in [5.74, 6) is 0.829. The maximum atomic E-state index is 6.11. The average molecular weight is 254 g/mol. The first-order chi connectivity index (χ1) is 8.86. The zero-order valence-corrected chi connectivity index (χ0v) is 11.9. The average Bonchev–Trinajstić information content (AvgIpc) is 3.20. The minimum absolute atomic E-state index is 0.603. The zero-order chi connectivity index (χ0) is 12.8. The summed E-state index contributed by atoms with van der Waals surface area (Å²) in [6.07, 6.45) is 11.2.